The number of carbonyl (C=O) groups is 1. The zero-order valence-corrected chi connectivity index (χ0v) is 9.70. The highest BCUT2D eigenvalue weighted by atomic mass is 16.5. The molecular weight excluding hydrogens is 208 g/mol. The van der Waals surface area contributed by atoms with Crippen LogP contribution >= 0.6 is 0 Å². The van der Waals surface area contributed by atoms with Gasteiger partial charge in [0.15, 0.2) is 0 Å². The van der Waals surface area contributed by atoms with E-state index in [-0.39, 0.29) is 5.91 Å². The standard InChI is InChI=1S/C10H16N4O2/c1-7-6-9(16-3)14-10(13-7)12-5-4-8(15)11-2/h6H,4-5H2,1-3H3,(H,11,15)(H,12,13,14). The van der Waals surface area contributed by atoms with E-state index in [2.05, 4.69) is 20.6 Å². The molecule has 1 aromatic rings. The molecule has 0 spiro atoms. The molecule has 16 heavy (non-hydrogen) atoms. The van der Waals surface area contributed by atoms with Crippen LogP contribution < -0.4 is 15.4 Å². The van der Waals surface area contributed by atoms with Crippen molar-refractivity contribution in [3.8, 4) is 5.88 Å². The number of methoxy groups -OCH3 is 1. The van der Waals surface area contributed by atoms with Gasteiger partial charge in [-0.25, -0.2) is 4.98 Å². The third-order valence-corrected chi connectivity index (χ3v) is 1.95. The van der Waals surface area contributed by atoms with Gasteiger partial charge >= 0.3 is 0 Å². The van der Waals surface area contributed by atoms with Crippen LogP contribution in [0.15, 0.2) is 6.07 Å². The smallest absolute Gasteiger partial charge is 0.226 e. The van der Waals surface area contributed by atoms with Gasteiger partial charge in [0.1, 0.15) is 0 Å². The van der Waals surface area contributed by atoms with Crippen LogP contribution in [0.2, 0.25) is 0 Å². The molecule has 0 aliphatic rings. The predicted molar refractivity (Wildman–Crippen MR) is 60.5 cm³/mol. The molecule has 0 radical (unpaired) electrons. The van der Waals surface area contributed by atoms with Crippen LogP contribution in [0.4, 0.5) is 5.95 Å². The molecule has 1 heterocycles. The van der Waals surface area contributed by atoms with Gasteiger partial charge in [-0.05, 0) is 6.92 Å². The normalized spacial score (nSPS) is 9.69. The summed E-state index contributed by atoms with van der Waals surface area (Å²) < 4.78 is 5.01. The summed E-state index contributed by atoms with van der Waals surface area (Å²) in [6.45, 7) is 2.35. The molecule has 0 bridgehead atoms. The summed E-state index contributed by atoms with van der Waals surface area (Å²) >= 11 is 0. The minimum Gasteiger partial charge on any atom is -0.481 e. The first-order valence-corrected chi connectivity index (χ1v) is 5.00. The Labute approximate surface area is 94.4 Å². The lowest BCUT2D eigenvalue weighted by Crippen LogP contribution is -2.21. The maximum Gasteiger partial charge on any atom is 0.226 e. The average Bonchev–Trinajstić information content (AvgIpc) is 2.28. The van der Waals surface area contributed by atoms with Crippen LogP contribution in [0.1, 0.15) is 12.1 Å². The molecule has 1 amide bonds. The highest BCUT2D eigenvalue weighted by Gasteiger charge is 2.02. The fourth-order valence-electron chi connectivity index (χ4n) is 1.14. The van der Waals surface area contributed by atoms with Crippen LogP contribution in [0.5, 0.6) is 5.88 Å². The van der Waals surface area contributed by atoms with Crippen molar-refractivity contribution in [1.29, 1.82) is 0 Å². The first-order valence-electron chi connectivity index (χ1n) is 5.00. The number of aryl methyl sites for hydroxylation is 1. The first kappa shape index (κ1) is 12.2. The molecule has 1 rings (SSSR count). The monoisotopic (exact) mass is 224 g/mol. The number of amides is 1. The Balaban J connectivity index is 2.53. The Morgan fingerprint density at radius 2 is 2.25 bits per heavy atom. The number of ether oxygens (including phenoxy) is 1. The minimum atomic E-state index is -0.0212. The van der Waals surface area contributed by atoms with E-state index in [9.17, 15) is 4.79 Å². The predicted octanol–water partition coefficient (Wildman–Crippen LogP) is 0.342. The number of nitrogens with zero attached hydrogens (tertiary/aromatic N) is 2. The molecule has 88 valence electrons. The SMILES string of the molecule is CNC(=O)CCNc1nc(C)cc(OC)n1. The van der Waals surface area contributed by atoms with E-state index in [4.69, 9.17) is 4.74 Å². The second-order valence-electron chi connectivity index (χ2n) is 3.23. The van der Waals surface area contributed by atoms with Crippen molar-refractivity contribution in [3.63, 3.8) is 0 Å². The van der Waals surface area contributed by atoms with E-state index in [0.29, 0.717) is 24.8 Å². The second-order valence-corrected chi connectivity index (χ2v) is 3.23. The van der Waals surface area contributed by atoms with Gasteiger partial charge in [0.25, 0.3) is 0 Å². The third-order valence-electron chi connectivity index (χ3n) is 1.95. The minimum absolute atomic E-state index is 0.0212. The van der Waals surface area contributed by atoms with Crippen molar-refractivity contribution < 1.29 is 9.53 Å². The Hall–Kier alpha value is -1.85. The van der Waals surface area contributed by atoms with E-state index < -0.39 is 0 Å². The summed E-state index contributed by atoms with van der Waals surface area (Å²) in [5.74, 6) is 0.961. The molecular formula is C10H16N4O2. The van der Waals surface area contributed by atoms with E-state index in [1.54, 1.807) is 20.2 Å². The van der Waals surface area contributed by atoms with Gasteiger partial charge in [-0.3, -0.25) is 4.79 Å². The van der Waals surface area contributed by atoms with Gasteiger partial charge in [0.2, 0.25) is 17.7 Å². The molecule has 0 saturated heterocycles. The van der Waals surface area contributed by atoms with Crippen LogP contribution in [-0.2, 0) is 4.79 Å². The van der Waals surface area contributed by atoms with Crippen LogP contribution in [0, 0.1) is 6.92 Å². The maximum atomic E-state index is 11.0. The lowest BCUT2D eigenvalue weighted by molar-refractivity contribution is -0.120. The Bertz CT molecular complexity index is 368. The molecule has 0 atom stereocenters. The molecule has 1 aromatic heterocycles. The number of carbonyl (C=O) groups excluding carboxylic acids is 1. The van der Waals surface area contributed by atoms with Crippen LogP contribution in [0.25, 0.3) is 0 Å². The van der Waals surface area contributed by atoms with Crippen molar-refractivity contribution in [2.75, 3.05) is 26.0 Å². The Morgan fingerprint density at radius 1 is 1.50 bits per heavy atom. The molecule has 0 aliphatic heterocycles. The van der Waals surface area contributed by atoms with Gasteiger partial charge in [0, 0.05) is 31.8 Å². The highest BCUT2D eigenvalue weighted by Crippen LogP contribution is 2.10. The van der Waals surface area contributed by atoms with Crippen LogP contribution in [-0.4, -0.2) is 36.6 Å². The van der Waals surface area contributed by atoms with E-state index in [1.165, 1.54) is 0 Å². The fourth-order valence-corrected chi connectivity index (χ4v) is 1.14. The molecule has 0 aliphatic carbocycles. The molecule has 0 aromatic carbocycles. The molecule has 0 saturated carbocycles. The Morgan fingerprint density at radius 3 is 2.88 bits per heavy atom. The lowest BCUT2D eigenvalue weighted by Gasteiger charge is -2.06. The Kier molecular flexibility index (Phi) is 4.50. The third kappa shape index (κ3) is 3.72. The van der Waals surface area contributed by atoms with Gasteiger partial charge in [-0.1, -0.05) is 0 Å². The molecule has 0 fully saturated rings. The van der Waals surface area contributed by atoms with Crippen molar-refractivity contribution >= 4 is 11.9 Å². The van der Waals surface area contributed by atoms with Crippen molar-refractivity contribution in [1.82, 2.24) is 15.3 Å². The summed E-state index contributed by atoms with van der Waals surface area (Å²) in [6.07, 6.45) is 0.385. The summed E-state index contributed by atoms with van der Waals surface area (Å²) in [5, 5.41) is 5.50. The molecule has 2 N–H and O–H groups in total. The topological polar surface area (TPSA) is 76.1 Å². The van der Waals surface area contributed by atoms with Crippen molar-refractivity contribution in [3.05, 3.63) is 11.8 Å². The summed E-state index contributed by atoms with van der Waals surface area (Å²) in [4.78, 5) is 19.2. The number of nitrogens with one attached hydrogen (secondary N) is 2. The highest BCUT2D eigenvalue weighted by molar-refractivity contribution is 5.75. The summed E-state index contributed by atoms with van der Waals surface area (Å²) in [7, 11) is 3.16. The summed E-state index contributed by atoms with van der Waals surface area (Å²) in [5.41, 5.74) is 0.814. The van der Waals surface area contributed by atoms with E-state index >= 15 is 0 Å². The van der Waals surface area contributed by atoms with Crippen molar-refractivity contribution in [2.24, 2.45) is 0 Å². The zero-order chi connectivity index (χ0) is 12.0. The van der Waals surface area contributed by atoms with Gasteiger partial charge < -0.3 is 15.4 Å². The number of anilines is 1. The van der Waals surface area contributed by atoms with Gasteiger partial charge in [0.05, 0.1) is 7.11 Å². The number of hydrogen-bond acceptors (Lipinski definition) is 5. The van der Waals surface area contributed by atoms with Gasteiger partial charge in [-0.2, -0.15) is 4.98 Å². The number of rotatable bonds is 5. The largest absolute Gasteiger partial charge is 0.481 e. The number of aromatic nitrogens is 2. The summed E-state index contributed by atoms with van der Waals surface area (Å²) in [6, 6.07) is 1.74. The molecule has 6 heteroatoms. The second kappa shape index (κ2) is 5.89. The lowest BCUT2D eigenvalue weighted by atomic mass is 10.4. The fraction of sp³-hybridized carbons (Fsp3) is 0.500. The maximum absolute atomic E-state index is 11.0. The average molecular weight is 224 g/mol. The quantitative estimate of drug-likeness (QED) is 0.754. The van der Waals surface area contributed by atoms with Crippen LogP contribution in [0.3, 0.4) is 0 Å². The van der Waals surface area contributed by atoms with E-state index in [1.807, 2.05) is 6.92 Å². The van der Waals surface area contributed by atoms with Crippen molar-refractivity contribution in [2.45, 2.75) is 13.3 Å². The zero-order valence-electron chi connectivity index (χ0n) is 9.70. The molecule has 6 nitrogen and oxygen atoms in total. The number of hydrogen-bond donors (Lipinski definition) is 2. The first-order chi connectivity index (χ1) is 7.65. The van der Waals surface area contributed by atoms with Gasteiger partial charge in [-0.15, -0.1) is 0 Å². The van der Waals surface area contributed by atoms with E-state index in [0.717, 1.165) is 5.69 Å². The molecule has 0 unspecified atom stereocenters.